The zero-order valence-corrected chi connectivity index (χ0v) is 12.0. The molecular weight excluding hydrogens is 244 g/mol. The van der Waals surface area contributed by atoms with Gasteiger partial charge in [-0.05, 0) is 13.5 Å². The maximum Gasteiger partial charge on any atom is 0.127 e. The summed E-state index contributed by atoms with van der Waals surface area (Å²) in [4.78, 5) is 10.2. The molecule has 1 aliphatic rings. The van der Waals surface area contributed by atoms with Crippen molar-refractivity contribution in [2.45, 2.75) is 20.3 Å². The van der Waals surface area contributed by atoms with Crippen molar-refractivity contribution < 1.29 is 0 Å². The summed E-state index contributed by atoms with van der Waals surface area (Å²) >= 11 is 1.54. The lowest BCUT2D eigenvalue weighted by Crippen LogP contribution is -2.46. The monoisotopic (exact) mass is 264 g/mol. The molecule has 0 bridgehead atoms. The van der Waals surface area contributed by atoms with Gasteiger partial charge in [-0.25, -0.2) is 4.98 Å². The SMILES string of the molecule is CCN1CCN(CCc2nc(C)c(C#N)s2)CC1. The highest BCUT2D eigenvalue weighted by Gasteiger charge is 2.16. The molecule has 0 spiro atoms. The summed E-state index contributed by atoms with van der Waals surface area (Å²) in [6.45, 7) is 11.0. The number of aryl methyl sites for hydroxylation is 1. The average Bonchev–Trinajstić information content (AvgIpc) is 2.77. The third kappa shape index (κ3) is 3.29. The Balaban J connectivity index is 1.80. The minimum absolute atomic E-state index is 0.765. The number of piperazine rings is 1. The van der Waals surface area contributed by atoms with Crippen LogP contribution in [0.4, 0.5) is 0 Å². The van der Waals surface area contributed by atoms with Crippen molar-refractivity contribution in [2.75, 3.05) is 39.3 Å². The Labute approximate surface area is 113 Å². The third-order valence-corrected chi connectivity index (χ3v) is 4.62. The van der Waals surface area contributed by atoms with Crippen molar-refractivity contribution in [1.29, 1.82) is 5.26 Å². The molecule has 0 aliphatic carbocycles. The smallest absolute Gasteiger partial charge is 0.127 e. The Morgan fingerprint density at radius 3 is 2.50 bits per heavy atom. The number of nitrogens with zero attached hydrogens (tertiary/aromatic N) is 4. The Bertz CT molecular complexity index is 427. The van der Waals surface area contributed by atoms with Gasteiger partial charge in [0.2, 0.25) is 0 Å². The Morgan fingerprint density at radius 1 is 1.28 bits per heavy atom. The number of nitriles is 1. The highest BCUT2D eigenvalue weighted by atomic mass is 32.1. The van der Waals surface area contributed by atoms with Crippen LogP contribution in [0.15, 0.2) is 0 Å². The molecule has 4 nitrogen and oxygen atoms in total. The van der Waals surface area contributed by atoms with E-state index >= 15 is 0 Å². The zero-order chi connectivity index (χ0) is 13.0. The van der Waals surface area contributed by atoms with Gasteiger partial charge in [0.1, 0.15) is 10.9 Å². The summed E-state index contributed by atoms with van der Waals surface area (Å²) < 4.78 is 0. The summed E-state index contributed by atoms with van der Waals surface area (Å²) in [5.74, 6) is 0. The first-order valence-electron chi connectivity index (χ1n) is 6.54. The van der Waals surface area contributed by atoms with Gasteiger partial charge in [-0.2, -0.15) is 5.26 Å². The van der Waals surface area contributed by atoms with Crippen LogP contribution in [0.3, 0.4) is 0 Å². The number of hydrogen-bond donors (Lipinski definition) is 0. The summed E-state index contributed by atoms with van der Waals surface area (Å²) in [6, 6.07) is 2.20. The van der Waals surface area contributed by atoms with E-state index in [1.165, 1.54) is 13.1 Å². The molecule has 0 N–H and O–H groups in total. The summed E-state index contributed by atoms with van der Waals surface area (Å²) in [6.07, 6.45) is 0.972. The first kappa shape index (κ1) is 13.5. The highest BCUT2D eigenvalue weighted by Crippen LogP contribution is 2.17. The van der Waals surface area contributed by atoms with Gasteiger partial charge in [-0.15, -0.1) is 11.3 Å². The molecule has 0 aromatic carbocycles. The first-order valence-corrected chi connectivity index (χ1v) is 7.35. The fourth-order valence-electron chi connectivity index (χ4n) is 2.25. The number of hydrogen-bond acceptors (Lipinski definition) is 5. The average molecular weight is 264 g/mol. The van der Waals surface area contributed by atoms with Crippen molar-refractivity contribution in [2.24, 2.45) is 0 Å². The molecule has 98 valence electrons. The Morgan fingerprint density at radius 2 is 1.94 bits per heavy atom. The van der Waals surface area contributed by atoms with Crippen LogP contribution < -0.4 is 0 Å². The summed E-state index contributed by atoms with van der Waals surface area (Å²) in [5, 5.41) is 10.0. The molecular formula is C13H20N4S. The second-order valence-corrected chi connectivity index (χ2v) is 5.74. The van der Waals surface area contributed by atoms with Crippen LogP contribution in [0.1, 0.15) is 22.5 Å². The lowest BCUT2D eigenvalue weighted by atomic mass is 10.3. The number of likely N-dealkylation sites (N-methyl/N-ethyl adjacent to an activating group) is 1. The summed E-state index contributed by atoms with van der Waals surface area (Å²) in [7, 11) is 0. The van der Waals surface area contributed by atoms with E-state index in [0.29, 0.717) is 0 Å². The molecule has 0 saturated carbocycles. The molecule has 1 saturated heterocycles. The molecule has 1 aliphatic heterocycles. The van der Waals surface area contributed by atoms with Crippen molar-refractivity contribution >= 4 is 11.3 Å². The third-order valence-electron chi connectivity index (χ3n) is 3.50. The van der Waals surface area contributed by atoms with E-state index in [-0.39, 0.29) is 0 Å². The van der Waals surface area contributed by atoms with Gasteiger partial charge >= 0.3 is 0 Å². The van der Waals surface area contributed by atoms with Crippen LogP contribution >= 0.6 is 11.3 Å². The van der Waals surface area contributed by atoms with Gasteiger partial charge < -0.3 is 9.80 Å². The maximum absolute atomic E-state index is 8.91. The fourth-order valence-corrected chi connectivity index (χ4v) is 3.10. The molecule has 1 aromatic heterocycles. The van der Waals surface area contributed by atoms with E-state index in [4.69, 9.17) is 5.26 Å². The number of thiazole rings is 1. The molecule has 18 heavy (non-hydrogen) atoms. The van der Waals surface area contributed by atoms with E-state index < -0.39 is 0 Å². The highest BCUT2D eigenvalue weighted by molar-refractivity contribution is 7.12. The van der Waals surface area contributed by atoms with E-state index in [2.05, 4.69) is 27.8 Å². The van der Waals surface area contributed by atoms with Crippen molar-refractivity contribution in [3.63, 3.8) is 0 Å². The first-order chi connectivity index (χ1) is 8.72. The Hall–Kier alpha value is -0.960. The van der Waals surface area contributed by atoms with Crippen LogP contribution in [-0.2, 0) is 6.42 Å². The minimum Gasteiger partial charge on any atom is -0.301 e. The maximum atomic E-state index is 8.91. The predicted molar refractivity (Wildman–Crippen MR) is 73.8 cm³/mol. The molecule has 2 heterocycles. The van der Waals surface area contributed by atoms with Crippen LogP contribution in [-0.4, -0.2) is 54.1 Å². The van der Waals surface area contributed by atoms with Gasteiger partial charge in [-0.3, -0.25) is 0 Å². The van der Waals surface area contributed by atoms with E-state index in [9.17, 15) is 0 Å². The lowest BCUT2D eigenvalue weighted by molar-refractivity contribution is 0.138. The van der Waals surface area contributed by atoms with Gasteiger partial charge in [0, 0.05) is 39.1 Å². The van der Waals surface area contributed by atoms with Crippen LogP contribution in [0.5, 0.6) is 0 Å². The van der Waals surface area contributed by atoms with Gasteiger partial charge in [0.05, 0.1) is 10.7 Å². The van der Waals surface area contributed by atoms with Crippen LogP contribution in [0.2, 0.25) is 0 Å². The standard InChI is InChI=1S/C13H20N4S/c1-3-16-6-8-17(9-7-16)5-4-13-15-11(2)12(10-14)18-13/h3-9H2,1-2H3. The molecule has 0 unspecified atom stereocenters. The fraction of sp³-hybridized carbons (Fsp3) is 0.692. The molecule has 1 fully saturated rings. The van der Waals surface area contributed by atoms with Crippen LogP contribution in [0, 0.1) is 18.3 Å². The largest absolute Gasteiger partial charge is 0.301 e. The van der Waals surface area contributed by atoms with E-state index in [1.54, 1.807) is 11.3 Å². The number of aromatic nitrogens is 1. The minimum atomic E-state index is 0.765. The Kier molecular flexibility index (Phi) is 4.70. The zero-order valence-electron chi connectivity index (χ0n) is 11.1. The van der Waals surface area contributed by atoms with Crippen LogP contribution in [0.25, 0.3) is 0 Å². The van der Waals surface area contributed by atoms with Crippen molar-refractivity contribution in [3.8, 4) is 6.07 Å². The molecule has 0 amide bonds. The molecule has 1 aromatic rings. The second-order valence-electron chi connectivity index (χ2n) is 4.66. The van der Waals surface area contributed by atoms with Crippen molar-refractivity contribution in [3.05, 3.63) is 15.6 Å². The topological polar surface area (TPSA) is 43.2 Å². The van der Waals surface area contributed by atoms with E-state index in [1.807, 2.05) is 6.92 Å². The molecule has 2 rings (SSSR count). The van der Waals surface area contributed by atoms with Gasteiger partial charge in [-0.1, -0.05) is 6.92 Å². The van der Waals surface area contributed by atoms with Crippen molar-refractivity contribution in [1.82, 2.24) is 14.8 Å². The molecule has 0 atom stereocenters. The molecule has 0 radical (unpaired) electrons. The summed E-state index contributed by atoms with van der Waals surface area (Å²) in [5.41, 5.74) is 0.883. The lowest BCUT2D eigenvalue weighted by Gasteiger charge is -2.33. The number of rotatable bonds is 4. The normalized spacial score (nSPS) is 17.8. The second kappa shape index (κ2) is 6.28. The molecule has 5 heteroatoms. The quantitative estimate of drug-likeness (QED) is 0.826. The van der Waals surface area contributed by atoms with Gasteiger partial charge in [0.15, 0.2) is 0 Å². The predicted octanol–water partition coefficient (Wildman–Crippen LogP) is 1.50. The van der Waals surface area contributed by atoms with Gasteiger partial charge in [0.25, 0.3) is 0 Å². The van der Waals surface area contributed by atoms with E-state index in [0.717, 1.165) is 48.2 Å².